The molecule has 1 aromatic rings. The number of carbonyl (C=O) groups excluding carboxylic acids is 2. The third-order valence-corrected chi connectivity index (χ3v) is 12.0. The van der Waals surface area contributed by atoms with E-state index in [1.807, 2.05) is 44.2 Å². The molecule has 1 unspecified atom stereocenters. The first-order valence-corrected chi connectivity index (χ1v) is 20.2. The van der Waals surface area contributed by atoms with Gasteiger partial charge in [-0.15, -0.1) is 12.3 Å². The van der Waals surface area contributed by atoms with E-state index in [0.29, 0.717) is 44.9 Å². The van der Waals surface area contributed by atoms with Crippen molar-refractivity contribution in [3.8, 4) is 12.3 Å². The Morgan fingerprint density at radius 2 is 1.74 bits per heavy atom. The average Bonchev–Trinajstić information content (AvgIpc) is 3.10. The molecule has 1 heterocycles. The first kappa shape index (κ1) is 41.9. The number of terminal acetylenes is 1. The molecule has 5 atom stereocenters. The number of carbonyl (C=O) groups is 2. The summed E-state index contributed by atoms with van der Waals surface area (Å²) in [7, 11) is -2.29. The standard InChI is InChI=1S/C38H62N4O7S/c1-5-6-18-33(38(46)40-34(27-31-16-11-8-12-17-31)36(44)35(43)25-29(2)3)39-37(45)32(26-30-14-9-7-10-15-30)28-50(47,48)41(4)19-13-20-42-21-23-49-24-22-42/h1,7,9-10,14-15,29,31-36,43-44H,6,8,11-13,16-28H2,2-4H3,(H,39,45)(H,40,46)/t32?,33-,34-,35-,36+/m0/s1. The molecule has 2 fully saturated rings. The van der Waals surface area contributed by atoms with Gasteiger partial charge in [-0.1, -0.05) is 76.3 Å². The lowest BCUT2D eigenvalue weighted by molar-refractivity contribution is -0.132. The summed E-state index contributed by atoms with van der Waals surface area (Å²) in [6.07, 6.45) is 10.8. The van der Waals surface area contributed by atoms with E-state index in [2.05, 4.69) is 21.5 Å². The highest BCUT2D eigenvalue weighted by atomic mass is 32.2. The molecule has 12 heteroatoms. The summed E-state index contributed by atoms with van der Waals surface area (Å²) < 4.78 is 33.9. The number of nitrogens with zero attached hydrogens (tertiary/aromatic N) is 2. The summed E-state index contributed by atoms with van der Waals surface area (Å²) in [5.41, 5.74) is 0.803. The van der Waals surface area contributed by atoms with Crippen molar-refractivity contribution in [1.29, 1.82) is 0 Å². The third-order valence-electron chi connectivity index (χ3n) is 10.0. The molecule has 11 nitrogen and oxygen atoms in total. The Labute approximate surface area is 301 Å². The second-order valence-corrected chi connectivity index (χ2v) is 16.8. The van der Waals surface area contributed by atoms with Crippen molar-refractivity contribution in [2.45, 2.75) is 109 Å². The highest BCUT2D eigenvalue weighted by Gasteiger charge is 2.35. The fraction of sp³-hybridized carbons (Fsp3) is 0.737. The van der Waals surface area contributed by atoms with Gasteiger partial charge in [-0.05, 0) is 56.0 Å². The number of hydrogen-bond donors (Lipinski definition) is 4. The molecule has 282 valence electrons. The lowest BCUT2D eigenvalue weighted by Crippen LogP contribution is -2.56. The highest BCUT2D eigenvalue weighted by molar-refractivity contribution is 7.89. The van der Waals surface area contributed by atoms with Crippen LogP contribution in [0.25, 0.3) is 0 Å². The lowest BCUT2D eigenvalue weighted by Gasteiger charge is -2.34. The van der Waals surface area contributed by atoms with Gasteiger partial charge >= 0.3 is 0 Å². The Morgan fingerprint density at radius 1 is 1.06 bits per heavy atom. The quantitative estimate of drug-likeness (QED) is 0.142. The Kier molecular flexibility index (Phi) is 18.2. The first-order chi connectivity index (χ1) is 23.9. The van der Waals surface area contributed by atoms with E-state index in [4.69, 9.17) is 11.2 Å². The first-order valence-electron chi connectivity index (χ1n) is 18.6. The van der Waals surface area contributed by atoms with Crippen LogP contribution in [0, 0.1) is 30.1 Å². The minimum absolute atomic E-state index is 0.140. The Morgan fingerprint density at radius 3 is 2.38 bits per heavy atom. The second kappa shape index (κ2) is 21.7. The second-order valence-electron chi connectivity index (χ2n) is 14.6. The number of sulfonamides is 1. The molecule has 1 aliphatic carbocycles. The van der Waals surface area contributed by atoms with Crippen LogP contribution < -0.4 is 10.6 Å². The molecule has 2 aliphatic rings. The van der Waals surface area contributed by atoms with Crippen LogP contribution in [0.15, 0.2) is 30.3 Å². The van der Waals surface area contributed by atoms with Gasteiger partial charge in [0.1, 0.15) is 12.1 Å². The molecule has 2 amide bonds. The topological polar surface area (TPSA) is 149 Å². The predicted molar refractivity (Wildman–Crippen MR) is 197 cm³/mol. The summed E-state index contributed by atoms with van der Waals surface area (Å²) in [5, 5.41) is 27.9. The van der Waals surface area contributed by atoms with E-state index in [-0.39, 0.29) is 25.2 Å². The van der Waals surface area contributed by atoms with Gasteiger partial charge in [-0.2, -0.15) is 0 Å². The average molecular weight is 719 g/mol. The van der Waals surface area contributed by atoms with Crippen molar-refractivity contribution in [2.24, 2.45) is 17.8 Å². The summed E-state index contributed by atoms with van der Waals surface area (Å²) >= 11 is 0. The normalized spacial score (nSPS) is 19.3. The van der Waals surface area contributed by atoms with Gasteiger partial charge < -0.3 is 25.6 Å². The molecule has 4 N–H and O–H groups in total. The van der Waals surface area contributed by atoms with Crippen LogP contribution >= 0.6 is 0 Å². The van der Waals surface area contributed by atoms with Crippen molar-refractivity contribution in [3.63, 3.8) is 0 Å². The van der Waals surface area contributed by atoms with Crippen molar-refractivity contribution in [2.75, 3.05) is 52.2 Å². The molecule has 0 bridgehead atoms. The largest absolute Gasteiger partial charge is 0.390 e. The van der Waals surface area contributed by atoms with Gasteiger partial charge in [-0.3, -0.25) is 14.5 Å². The summed E-state index contributed by atoms with van der Waals surface area (Å²) in [4.78, 5) is 30.1. The number of nitrogens with one attached hydrogen (secondary N) is 2. The Hall–Kier alpha value is -2.53. The molecule has 0 spiro atoms. The van der Waals surface area contributed by atoms with Crippen LogP contribution in [0.1, 0.15) is 83.6 Å². The fourth-order valence-electron chi connectivity index (χ4n) is 7.01. The van der Waals surface area contributed by atoms with E-state index >= 15 is 0 Å². The molecule has 1 saturated carbocycles. The van der Waals surface area contributed by atoms with Crippen LogP contribution in [-0.4, -0.2) is 116 Å². The van der Waals surface area contributed by atoms with E-state index in [0.717, 1.165) is 57.3 Å². The minimum Gasteiger partial charge on any atom is -0.390 e. The van der Waals surface area contributed by atoms with Crippen molar-refractivity contribution in [3.05, 3.63) is 35.9 Å². The van der Waals surface area contributed by atoms with Crippen molar-refractivity contribution in [1.82, 2.24) is 19.8 Å². The molecular weight excluding hydrogens is 657 g/mol. The van der Waals surface area contributed by atoms with Gasteiger partial charge in [0.15, 0.2) is 0 Å². The van der Waals surface area contributed by atoms with Gasteiger partial charge in [0.05, 0.1) is 37.0 Å². The number of aliphatic hydroxyl groups excluding tert-OH is 2. The summed E-state index contributed by atoms with van der Waals surface area (Å²) in [5.74, 6) is 0.539. The number of benzene rings is 1. The van der Waals surface area contributed by atoms with Crippen LogP contribution in [0.3, 0.4) is 0 Å². The SMILES string of the molecule is C#CCC[C@H](NC(=O)C(Cc1ccccc1)CS(=O)(=O)N(C)CCCN1CCOCC1)C(=O)N[C@@H](CC1CCCCC1)[C@@H](O)[C@@H](O)CC(C)C. The molecule has 3 rings (SSSR count). The van der Waals surface area contributed by atoms with Gasteiger partial charge in [0.25, 0.3) is 0 Å². The molecule has 0 radical (unpaired) electrons. The lowest BCUT2D eigenvalue weighted by atomic mass is 9.82. The molecule has 1 aliphatic heterocycles. The van der Waals surface area contributed by atoms with Crippen LogP contribution in [-0.2, 0) is 30.8 Å². The summed E-state index contributed by atoms with van der Waals surface area (Å²) in [6, 6.07) is 7.47. The predicted octanol–water partition coefficient (Wildman–Crippen LogP) is 2.95. The maximum Gasteiger partial charge on any atom is 0.242 e. The van der Waals surface area contributed by atoms with Crippen molar-refractivity contribution < 1.29 is 33.0 Å². The zero-order valence-electron chi connectivity index (χ0n) is 30.5. The highest BCUT2D eigenvalue weighted by Crippen LogP contribution is 2.29. The van der Waals surface area contributed by atoms with E-state index in [1.165, 1.54) is 4.31 Å². The number of rotatable bonds is 21. The summed E-state index contributed by atoms with van der Waals surface area (Å²) in [6.45, 7) is 8.00. The number of ether oxygens (including phenoxy) is 1. The number of morpholine rings is 1. The minimum atomic E-state index is -3.83. The maximum atomic E-state index is 14.0. The molecular formula is C38H62N4O7S. The number of aliphatic hydroxyl groups is 2. The van der Waals surface area contributed by atoms with Crippen LogP contribution in [0.2, 0.25) is 0 Å². The van der Waals surface area contributed by atoms with E-state index in [9.17, 15) is 28.2 Å². The van der Waals surface area contributed by atoms with Gasteiger partial charge in [0, 0.05) is 33.1 Å². The fourth-order valence-corrected chi connectivity index (χ4v) is 8.45. The molecule has 50 heavy (non-hydrogen) atoms. The van der Waals surface area contributed by atoms with Gasteiger partial charge in [-0.25, -0.2) is 12.7 Å². The molecule has 1 saturated heterocycles. The zero-order valence-corrected chi connectivity index (χ0v) is 31.3. The van der Waals surface area contributed by atoms with E-state index < -0.39 is 57.8 Å². The number of hydrogen-bond acceptors (Lipinski definition) is 8. The maximum absolute atomic E-state index is 14.0. The smallest absolute Gasteiger partial charge is 0.242 e. The monoisotopic (exact) mass is 718 g/mol. The number of amides is 2. The van der Waals surface area contributed by atoms with Crippen molar-refractivity contribution >= 4 is 21.8 Å². The van der Waals surface area contributed by atoms with E-state index in [1.54, 1.807) is 7.05 Å². The van der Waals surface area contributed by atoms with Crippen LogP contribution in [0.4, 0.5) is 0 Å². The molecule has 0 aromatic heterocycles. The van der Waals surface area contributed by atoms with Gasteiger partial charge in [0.2, 0.25) is 21.8 Å². The molecule has 1 aromatic carbocycles. The Bertz CT molecular complexity index is 1290. The van der Waals surface area contributed by atoms with Crippen LogP contribution in [0.5, 0.6) is 0 Å². The zero-order chi connectivity index (χ0) is 36.5. The third kappa shape index (κ3) is 14.6. The Balaban J connectivity index is 1.76.